The Balaban J connectivity index is 2.73. The molecule has 9 heavy (non-hydrogen) atoms. The zero-order chi connectivity index (χ0) is 7.07. The third-order valence-corrected chi connectivity index (χ3v) is 0.821. The Hall–Kier alpha value is -0.870. The number of allylic oxidation sites excluding steroid dienone is 1. The minimum atomic E-state index is -4.65. The quantitative estimate of drug-likeness (QED) is 0.407. The lowest BCUT2D eigenvalue weighted by atomic mass is 10.4. The average Bonchev–Trinajstić information content (AvgIpc) is 2.40. The highest BCUT2D eigenvalue weighted by molar-refractivity contribution is 5.13. The van der Waals surface area contributed by atoms with Gasteiger partial charge >= 0.3 is 6.18 Å². The Morgan fingerprint density at radius 1 is 1.56 bits per heavy atom. The number of hydrogen-bond acceptors (Lipinski definition) is 2. The average molecular weight is 140 g/mol. The molecule has 0 saturated carbocycles. The van der Waals surface area contributed by atoms with Crippen LogP contribution in [0.15, 0.2) is 11.5 Å². The second-order valence-electron chi connectivity index (χ2n) is 1.56. The van der Waals surface area contributed by atoms with Crippen molar-refractivity contribution in [3.05, 3.63) is 11.5 Å². The highest BCUT2D eigenvalue weighted by Crippen LogP contribution is 2.31. The Bertz CT molecular complexity index is 152. The van der Waals surface area contributed by atoms with Crippen LogP contribution in [0.3, 0.4) is 0 Å². The van der Waals surface area contributed by atoms with Gasteiger partial charge in [0.15, 0.2) is 5.76 Å². The summed E-state index contributed by atoms with van der Waals surface area (Å²) in [6, 6.07) is 0. The summed E-state index contributed by atoms with van der Waals surface area (Å²) < 4.78 is 38.2. The van der Waals surface area contributed by atoms with E-state index in [0.717, 1.165) is 0 Å². The predicted octanol–water partition coefficient (Wildman–Crippen LogP) is 1.35. The van der Waals surface area contributed by atoms with Gasteiger partial charge in [0.2, 0.25) is 5.76 Å². The number of hydrogen-bond donors (Lipinski definition) is 1. The summed E-state index contributed by atoms with van der Waals surface area (Å²) in [6.07, 6.45) is -4.65. The monoisotopic (exact) mass is 140 g/mol. The predicted molar refractivity (Wildman–Crippen MR) is 21.7 cm³/mol. The molecule has 0 aromatic carbocycles. The maximum atomic E-state index is 11.4. The molecule has 1 aliphatic heterocycles. The number of aliphatic hydroxyl groups is 1. The maximum absolute atomic E-state index is 11.4. The summed E-state index contributed by atoms with van der Waals surface area (Å²) >= 11 is 0. The zero-order valence-corrected chi connectivity index (χ0v) is 4.20. The molecule has 0 bridgehead atoms. The number of alkyl halides is 3. The van der Waals surface area contributed by atoms with Crippen molar-refractivity contribution in [3.8, 4) is 0 Å². The third kappa shape index (κ3) is 1.28. The summed E-state index contributed by atoms with van der Waals surface area (Å²) in [6.45, 7) is -0.106. The van der Waals surface area contributed by atoms with Crippen molar-refractivity contribution in [2.75, 3.05) is 6.61 Å². The summed E-state index contributed by atoms with van der Waals surface area (Å²) in [5.41, 5.74) is 0. The van der Waals surface area contributed by atoms with Gasteiger partial charge in [-0.15, -0.1) is 0 Å². The molecule has 1 N–H and O–H groups in total. The van der Waals surface area contributed by atoms with Gasteiger partial charge in [0.05, 0.1) is 0 Å². The van der Waals surface area contributed by atoms with Gasteiger partial charge in [0.1, 0.15) is 6.61 Å². The molecule has 0 spiro atoms. The molecule has 1 fully saturated rings. The molecule has 0 radical (unpaired) electrons. The largest absolute Gasteiger partial charge is 0.502 e. The minimum absolute atomic E-state index is 0.106. The lowest BCUT2D eigenvalue weighted by Crippen LogP contribution is -2.11. The van der Waals surface area contributed by atoms with Gasteiger partial charge in [-0.3, -0.25) is 0 Å². The van der Waals surface area contributed by atoms with E-state index in [9.17, 15) is 13.2 Å². The Labute approximate surface area is 48.5 Å². The van der Waals surface area contributed by atoms with Crippen LogP contribution in [-0.4, -0.2) is 17.9 Å². The lowest BCUT2D eigenvalue weighted by Gasteiger charge is -2.00. The third-order valence-electron chi connectivity index (χ3n) is 0.821. The molecular weight excluding hydrogens is 137 g/mol. The molecule has 0 aromatic heterocycles. The number of halogens is 3. The molecule has 0 aliphatic carbocycles. The van der Waals surface area contributed by atoms with Crippen LogP contribution in [0.2, 0.25) is 0 Å². The van der Waals surface area contributed by atoms with Crippen LogP contribution < -0.4 is 0 Å². The van der Waals surface area contributed by atoms with Crippen LogP contribution in [0, 0.1) is 0 Å². The minimum Gasteiger partial charge on any atom is -0.502 e. The molecule has 1 rings (SSSR count). The van der Waals surface area contributed by atoms with Gasteiger partial charge in [-0.1, -0.05) is 0 Å². The van der Waals surface area contributed by atoms with Crippen molar-refractivity contribution in [2.24, 2.45) is 0 Å². The zero-order valence-electron chi connectivity index (χ0n) is 4.20. The maximum Gasteiger partial charge on any atom is 0.452 e. The van der Waals surface area contributed by atoms with Crippen LogP contribution in [0.4, 0.5) is 13.2 Å². The normalized spacial score (nSPS) is 23.0. The molecule has 1 heterocycles. The van der Waals surface area contributed by atoms with Crippen molar-refractivity contribution >= 4 is 0 Å². The molecule has 0 aromatic rings. The summed E-state index contributed by atoms with van der Waals surface area (Å²) in [4.78, 5) is 0. The second kappa shape index (κ2) is 1.55. The lowest BCUT2D eigenvalue weighted by molar-refractivity contribution is -0.121. The van der Waals surface area contributed by atoms with Crippen LogP contribution in [0.1, 0.15) is 0 Å². The molecule has 0 amide bonds. The van der Waals surface area contributed by atoms with Crippen LogP contribution in [0.25, 0.3) is 0 Å². The van der Waals surface area contributed by atoms with Crippen molar-refractivity contribution in [3.63, 3.8) is 0 Å². The van der Waals surface area contributed by atoms with E-state index in [2.05, 4.69) is 4.74 Å². The Morgan fingerprint density at radius 2 is 2.00 bits per heavy atom. The van der Waals surface area contributed by atoms with Crippen molar-refractivity contribution < 1.29 is 23.0 Å². The van der Waals surface area contributed by atoms with Gasteiger partial charge in [0, 0.05) is 0 Å². The van der Waals surface area contributed by atoms with E-state index in [1.807, 2.05) is 0 Å². The van der Waals surface area contributed by atoms with Crippen molar-refractivity contribution in [1.82, 2.24) is 0 Å². The smallest absolute Gasteiger partial charge is 0.452 e. The Morgan fingerprint density at radius 3 is 2.11 bits per heavy atom. The van der Waals surface area contributed by atoms with Crippen LogP contribution in [0.5, 0.6) is 0 Å². The molecular formula is C4H3F3O2. The first-order valence-corrected chi connectivity index (χ1v) is 2.14. The first kappa shape index (κ1) is 6.25. The van der Waals surface area contributed by atoms with Crippen LogP contribution >= 0.6 is 0 Å². The van der Waals surface area contributed by atoms with E-state index in [0.29, 0.717) is 0 Å². The van der Waals surface area contributed by atoms with E-state index in [4.69, 9.17) is 5.11 Å². The van der Waals surface area contributed by atoms with Crippen molar-refractivity contribution in [2.45, 2.75) is 6.18 Å². The fraction of sp³-hybridized carbons (Fsp3) is 0.500. The van der Waals surface area contributed by atoms with Gasteiger partial charge < -0.3 is 9.84 Å². The fourth-order valence-corrected chi connectivity index (χ4v) is 0.331. The molecule has 5 heteroatoms. The van der Waals surface area contributed by atoms with Crippen molar-refractivity contribution in [1.29, 1.82) is 0 Å². The molecule has 1 aliphatic rings. The summed E-state index contributed by atoms with van der Waals surface area (Å²) in [5, 5.41) is 8.16. The van der Waals surface area contributed by atoms with Crippen LogP contribution in [-0.2, 0) is 4.74 Å². The Kier molecular flexibility index (Phi) is 1.08. The number of epoxide rings is 1. The SMILES string of the molecule is O/C(=C1/CO1)C(F)(F)F. The van der Waals surface area contributed by atoms with E-state index < -0.39 is 11.9 Å². The topological polar surface area (TPSA) is 32.8 Å². The number of aliphatic hydroxyl groups excluding tert-OH is 1. The van der Waals surface area contributed by atoms with E-state index in [1.54, 1.807) is 0 Å². The first-order valence-electron chi connectivity index (χ1n) is 2.14. The van der Waals surface area contributed by atoms with Gasteiger partial charge in [0.25, 0.3) is 0 Å². The van der Waals surface area contributed by atoms with E-state index >= 15 is 0 Å². The standard InChI is InChI=1S/C4H3F3O2/c5-4(6,7)3(8)2-1-9-2/h8H,1H2/b3-2-. The molecule has 0 atom stereocenters. The number of rotatable bonds is 0. The van der Waals surface area contributed by atoms with E-state index in [-0.39, 0.29) is 12.4 Å². The molecule has 1 saturated heterocycles. The van der Waals surface area contributed by atoms with Gasteiger partial charge in [-0.05, 0) is 0 Å². The molecule has 0 unspecified atom stereocenters. The highest BCUT2D eigenvalue weighted by atomic mass is 19.4. The highest BCUT2D eigenvalue weighted by Gasteiger charge is 2.41. The molecule has 2 nitrogen and oxygen atoms in total. The van der Waals surface area contributed by atoms with Gasteiger partial charge in [-0.25, -0.2) is 0 Å². The fourth-order valence-electron chi connectivity index (χ4n) is 0.331. The van der Waals surface area contributed by atoms with Gasteiger partial charge in [-0.2, -0.15) is 13.2 Å². The second-order valence-corrected chi connectivity index (χ2v) is 1.56. The number of ether oxygens (including phenoxy) is 1. The summed E-state index contributed by atoms with van der Waals surface area (Å²) in [5.74, 6) is -1.98. The van der Waals surface area contributed by atoms with E-state index in [1.165, 1.54) is 0 Å². The first-order chi connectivity index (χ1) is 4.02. The molecule has 52 valence electrons. The summed E-state index contributed by atoms with van der Waals surface area (Å²) in [7, 11) is 0.